The van der Waals surface area contributed by atoms with Crippen LogP contribution in [0.5, 0.6) is 0 Å². The molecule has 7 N–H and O–H groups in total. The summed E-state index contributed by atoms with van der Waals surface area (Å²) in [5.41, 5.74) is 0. The first-order chi connectivity index (χ1) is 16.6. The van der Waals surface area contributed by atoms with Crippen LogP contribution in [0.3, 0.4) is 0 Å². The molecule has 0 spiro atoms. The van der Waals surface area contributed by atoms with Gasteiger partial charge in [0.05, 0.1) is 33.4 Å². The number of hydrogen-bond donors (Lipinski definition) is 7. The van der Waals surface area contributed by atoms with E-state index in [0.29, 0.717) is 11.5 Å². The Bertz CT molecular complexity index is 671. The second-order valence-corrected chi connectivity index (χ2v) is 9.27. The average Bonchev–Trinajstić information content (AvgIpc) is 2.84. The molecule has 0 aliphatic carbocycles. The second-order valence-electron chi connectivity index (χ2n) is 8.05. The van der Waals surface area contributed by atoms with Gasteiger partial charge in [-0.3, -0.25) is 9.59 Å². The molecule has 2 aliphatic heterocycles. The van der Waals surface area contributed by atoms with Crippen LogP contribution in [0.15, 0.2) is 0 Å². The largest absolute Gasteiger partial charge is 0.469 e. The van der Waals surface area contributed by atoms with Crippen molar-refractivity contribution in [3.63, 3.8) is 0 Å². The zero-order valence-corrected chi connectivity index (χ0v) is 20.3. The van der Waals surface area contributed by atoms with Crippen molar-refractivity contribution in [3.8, 4) is 0 Å². The Balaban J connectivity index is 2.04. The second kappa shape index (κ2) is 14.6. The number of thioether (sulfide) groups is 1. The van der Waals surface area contributed by atoms with E-state index in [0.717, 1.165) is 0 Å². The van der Waals surface area contributed by atoms with Crippen LogP contribution in [0.1, 0.15) is 13.3 Å². The maximum Gasteiger partial charge on any atom is 0.306 e. The van der Waals surface area contributed by atoms with Gasteiger partial charge < -0.3 is 59.6 Å². The number of ether oxygens (including phenoxy) is 5. The standard InChI is InChI=1S/C20H35NO13S/c1-9(24)21-13-15(27)18(34-20-17(29)16(28)14(26)10(7-22)32-20)11(8-23)33-19(13)31-4-6-35-5-3-12(25)30-2/h10-11,13-20,22-23,26-29H,3-8H2,1-2H3,(H,21,24)/t10-,11-,13-,14+,15-,16+,17-,18-,19-,20+/m1/s1. The molecule has 0 aromatic rings. The molecule has 0 aromatic carbocycles. The summed E-state index contributed by atoms with van der Waals surface area (Å²) >= 11 is 1.42. The van der Waals surface area contributed by atoms with Crippen molar-refractivity contribution in [2.75, 3.05) is 38.4 Å². The van der Waals surface area contributed by atoms with Crippen LogP contribution in [0.25, 0.3) is 0 Å². The van der Waals surface area contributed by atoms with E-state index < -0.39 is 80.5 Å². The van der Waals surface area contributed by atoms with E-state index in [1.54, 1.807) is 0 Å². The van der Waals surface area contributed by atoms with Gasteiger partial charge in [-0.2, -0.15) is 11.8 Å². The zero-order chi connectivity index (χ0) is 26.1. The van der Waals surface area contributed by atoms with Gasteiger partial charge in [0, 0.05) is 18.4 Å². The molecule has 0 bridgehead atoms. The Hall–Kier alpha value is -1.11. The molecular formula is C20H35NO13S. The summed E-state index contributed by atoms with van der Waals surface area (Å²) in [7, 11) is 1.30. The molecule has 204 valence electrons. The minimum Gasteiger partial charge on any atom is -0.469 e. The lowest BCUT2D eigenvalue weighted by atomic mass is 9.95. The van der Waals surface area contributed by atoms with Crippen molar-refractivity contribution in [3.05, 3.63) is 0 Å². The third kappa shape index (κ3) is 8.19. The van der Waals surface area contributed by atoms with Crippen LogP contribution in [0, 0.1) is 0 Å². The molecule has 0 aromatic heterocycles. The fourth-order valence-electron chi connectivity index (χ4n) is 3.68. The lowest BCUT2D eigenvalue weighted by molar-refractivity contribution is -0.348. The highest BCUT2D eigenvalue weighted by Crippen LogP contribution is 2.29. The number of rotatable bonds is 12. The Morgan fingerprint density at radius 2 is 1.57 bits per heavy atom. The topological polar surface area (TPSA) is 214 Å². The molecular weight excluding hydrogens is 494 g/mol. The molecule has 0 unspecified atom stereocenters. The Labute approximate surface area is 206 Å². The molecule has 2 heterocycles. The summed E-state index contributed by atoms with van der Waals surface area (Å²) < 4.78 is 26.9. The van der Waals surface area contributed by atoms with E-state index in [-0.39, 0.29) is 19.0 Å². The SMILES string of the molecule is COC(=O)CCSCCO[C@@H]1O[C@H](CO)[C@@H](O[C@@H]2O[C@H](CO)[C@H](O)[C@H](O)[C@H]2O)[C@H](O)[C@H]1NC(C)=O. The first-order valence-electron chi connectivity index (χ1n) is 11.1. The van der Waals surface area contributed by atoms with E-state index in [4.69, 9.17) is 18.9 Å². The molecule has 35 heavy (non-hydrogen) atoms. The van der Waals surface area contributed by atoms with Gasteiger partial charge >= 0.3 is 5.97 Å². The van der Waals surface area contributed by atoms with Gasteiger partial charge in [0.15, 0.2) is 12.6 Å². The van der Waals surface area contributed by atoms with Crippen molar-refractivity contribution in [1.82, 2.24) is 5.32 Å². The Morgan fingerprint density at radius 1 is 0.914 bits per heavy atom. The third-order valence-electron chi connectivity index (χ3n) is 5.55. The molecule has 2 aliphatic rings. The third-order valence-corrected chi connectivity index (χ3v) is 6.50. The van der Waals surface area contributed by atoms with E-state index in [1.807, 2.05) is 0 Å². The lowest BCUT2D eigenvalue weighted by Crippen LogP contribution is -2.67. The molecule has 0 radical (unpaired) electrons. The van der Waals surface area contributed by atoms with Crippen LogP contribution < -0.4 is 5.32 Å². The number of nitrogens with one attached hydrogen (secondary N) is 1. The summed E-state index contributed by atoms with van der Waals surface area (Å²) in [6.45, 7) is 0.0352. The van der Waals surface area contributed by atoms with Crippen molar-refractivity contribution in [2.24, 2.45) is 0 Å². The van der Waals surface area contributed by atoms with Crippen LogP contribution in [0.2, 0.25) is 0 Å². The first-order valence-corrected chi connectivity index (χ1v) is 12.2. The molecule has 2 fully saturated rings. The van der Waals surface area contributed by atoms with Crippen LogP contribution >= 0.6 is 11.8 Å². The number of aliphatic hydroxyl groups is 6. The first kappa shape index (κ1) is 30.1. The predicted octanol–water partition coefficient (Wildman–Crippen LogP) is -3.93. The number of carbonyl (C=O) groups is 2. The molecule has 0 saturated carbocycles. The van der Waals surface area contributed by atoms with E-state index in [1.165, 1.54) is 25.8 Å². The molecule has 15 heteroatoms. The molecule has 1 amide bonds. The van der Waals surface area contributed by atoms with Crippen molar-refractivity contribution >= 4 is 23.6 Å². The summed E-state index contributed by atoms with van der Waals surface area (Å²) in [6, 6.07) is -1.13. The fraction of sp³-hybridized carbons (Fsp3) is 0.900. The van der Waals surface area contributed by atoms with E-state index in [9.17, 15) is 40.2 Å². The maximum atomic E-state index is 11.7. The average molecular weight is 530 g/mol. The number of methoxy groups -OCH3 is 1. The molecule has 2 rings (SSSR count). The highest BCUT2D eigenvalue weighted by Gasteiger charge is 2.51. The van der Waals surface area contributed by atoms with E-state index in [2.05, 4.69) is 10.1 Å². The number of carbonyl (C=O) groups excluding carboxylic acids is 2. The van der Waals surface area contributed by atoms with Crippen molar-refractivity contribution in [2.45, 2.75) is 74.7 Å². The maximum absolute atomic E-state index is 11.7. The number of hydrogen-bond acceptors (Lipinski definition) is 14. The lowest BCUT2D eigenvalue weighted by Gasteiger charge is -2.47. The van der Waals surface area contributed by atoms with Gasteiger partial charge in [0.25, 0.3) is 0 Å². The summed E-state index contributed by atoms with van der Waals surface area (Å²) in [4.78, 5) is 22.9. The number of aliphatic hydroxyl groups excluding tert-OH is 6. The predicted molar refractivity (Wildman–Crippen MR) is 118 cm³/mol. The van der Waals surface area contributed by atoms with Crippen molar-refractivity contribution in [1.29, 1.82) is 0 Å². The smallest absolute Gasteiger partial charge is 0.306 e. The van der Waals surface area contributed by atoms with Crippen LogP contribution in [-0.4, -0.2) is 142 Å². The quantitative estimate of drug-likeness (QED) is 0.0950. The number of amides is 1. The van der Waals surface area contributed by atoms with Crippen LogP contribution in [0.4, 0.5) is 0 Å². The molecule has 10 atom stereocenters. The summed E-state index contributed by atoms with van der Waals surface area (Å²) in [6.07, 6.45) is -12.9. The van der Waals surface area contributed by atoms with Gasteiger partial charge in [-0.15, -0.1) is 0 Å². The normalized spacial score (nSPS) is 37.6. The summed E-state index contributed by atoms with van der Waals surface area (Å²) in [5.74, 6) is 0.133. The van der Waals surface area contributed by atoms with Gasteiger partial charge in [-0.05, 0) is 0 Å². The van der Waals surface area contributed by atoms with Gasteiger partial charge in [0.1, 0.15) is 48.8 Å². The van der Waals surface area contributed by atoms with Gasteiger partial charge in [-0.1, -0.05) is 0 Å². The van der Waals surface area contributed by atoms with Crippen LogP contribution in [-0.2, 0) is 33.3 Å². The number of esters is 1. The highest BCUT2D eigenvalue weighted by molar-refractivity contribution is 7.99. The van der Waals surface area contributed by atoms with Crippen molar-refractivity contribution < 1.29 is 63.9 Å². The molecule has 14 nitrogen and oxygen atoms in total. The summed E-state index contributed by atoms with van der Waals surface area (Å²) in [5, 5.41) is 62.8. The molecule has 2 saturated heterocycles. The Morgan fingerprint density at radius 3 is 2.17 bits per heavy atom. The monoisotopic (exact) mass is 529 g/mol. The van der Waals surface area contributed by atoms with E-state index >= 15 is 0 Å². The minimum absolute atomic E-state index is 0.135. The zero-order valence-electron chi connectivity index (χ0n) is 19.5. The van der Waals surface area contributed by atoms with Gasteiger partial charge in [0.2, 0.25) is 5.91 Å². The Kier molecular flexibility index (Phi) is 12.5. The fourth-order valence-corrected chi connectivity index (χ4v) is 4.41. The minimum atomic E-state index is -1.74. The highest BCUT2D eigenvalue weighted by atomic mass is 32.2. The van der Waals surface area contributed by atoms with Gasteiger partial charge in [-0.25, -0.2) is 0 Å².